The number of nitrogens with zero attached hydrogens (tertiary/aromatic N) is 1. The lowest BCUT2D eigenvalue weighted by Gasteiger charge is -2.37. The maximum atomic E-state index is 12.3. The van der Waals surface area contributed by atoms with E-state index in [-0.39, 0.29) is 18.5 Å². The lowest BCUT2D eigenvalue weighted by molar-refractivity contribution is -0.148. The molecular weight excluding hydrogens is 346 g/mol. The molecular formula is C17H22ClN3O4. The number of benzene rings is 1. The number of rotatable bonds is 5. The van der Waals surface area contributed by atoms with Crippen LogP contribution in [0.25, 0.3) is 0 Å². The Morgan fingerprint density at radius 3 is 2.56 bits per heavy atom. The summed E-state index contributed by atoms with van der Waals surface area (Å²) in [6.07, 6.45) is 1.21. The first-order chi connectivity index (χ1) is 11.9. The van der Waals surface area contributed by atoms with Crippen molar-refractivity contribution in [3.8, 4) is 0 Å². The fourth-order valence-corrected chi connectivity index (χ4v) is 3.06. The molecule has 0 aromatic heterocycles. The lowest BCUT2D eigenvalue weighted by Crippen LogP contribution is -2.52. The highest BCUT2D eigenvalue weighted by atomic mass is 35.5. The Morgan fingerprint density at radius 2 is 1.92 bits per heavy atom. The van der Waals surface area contributed by atoms with Gasteiger partial charge >= 0.3 is 12.0 Å². The molecule has 0 radical (unpaired) electrons. The van der Waals surface area contributed by atoms with Gasteiger partial charge in [0.1, 0.15) is 0 Å². The van der Waals surface area contributed by atoms with Crippen LogP contribution >= 0.6 is 11.6 Å². The van der Waals surface area contributed by atoms with Gasteiger partial charge in [0.05, 0.1) is 12.5 Å². The van der Waals surface area contributed by atoms with Gasteiger partial charge in [-0.1, -0.05) is 23.7 Å². The van der Waals surface area contributed by atoms with Gasteiger partial charge in [-0.3, -0.25) is 9.59 Å². The maximum Gasteiger partial charge on any atom is 0.315 e. The van der Waals surface area contributed by atoms with Gasteiger partial charge in [0.15, 0.2) is 0 Å². The number of nitrogens with one attached hydrogen (secondary N) is 2. The number of carbonyl (C=O) groups is 3. The van der Waals surface area contributed by atoms with Crippen LogP contribution in [0.2, 0.25) is 5.02 Å². The van der Waals surface area contributed by atoms with Gasteiger partial charge in [-0.15, -0.1) is 0 Å². The largest absolute Gasteiger partial charge is 0.481 e. The van der Waals surface area contributed by atoms with Crippen molar-refractivity contribution in [3.63, 3.8) is 0 Å². The fourth-order valence-electron chi connectivity index (χ4n) is 2.93. The van der Waals surface area contributed by atoms with E-state index in [2.05, 4.69) is 10.6 Å². The summed E-state index contributed by atoms with van der Waals surface area (Å²) in [6, 6.07) is 6.23. The van der Waals surface area contributed by atoms with E-state index in [9.17, 15) is 19.5 Å². The van der Waals surface area contributed by atoms with Crippen LogP contribution < -0.4 is 10.6 Å². The Balaban J connectivity index is 1.77. The molecule has 1 aliphatic rings. The van der Waals surface area contributed by atoms with Crippen molar-refractivity contribution in [1.29, 1.82) is 0 Å². The second kappa shape index (κ2) is 8.71. The number of carboxylic acid groups (broad SMARTS) is 1. The standard InChI is InChI=1S/C17H22ClN3O4/c1-11-14(16(23)24)3-2-8-21(11)15(22)10-20-17(25)19-9-12-4-6-13(18)7-5-12/h4-7,11,14H,2-3,8-10H2,1H3,(H,23,24)(H2,19,20,25)/t11-,14-/m1/s1. The first-order valence-electron chi connectivity index (χ1n) is 8.17. The molecule has 8 heteroatoms. The van der Waals surface area contributed by atoms with Gasteiger partial charge in [0.25, 0.3) is 0 Å². The molecule has 7 nitrogen and oxygen atoms in total. The summed E-state index contributed by atoms with van der Waals surface area (Å²) in [6.45, 7) is 2.40. The van der Waals surface area contributed by atoms with E-state index in [4.69, 9.17) is 11.6 Å². The number of hydrogen-bond donors (Lipinski definition) is 3. The van der Waals surface area contributed by atoms with Crippen molar-refractivity contribution in [1.82, 2.24) is 15.5 Å². The molecule has 3 amide bonds. The van der Waals surface area contributed by atoms with Crippen LogP contribution in [0.4, 0.5) is 4.79 Å². The average molecular weight is 368 g/mol. The Morgan fingerprint density at radius 1 is 1.24 bits per heavy atom. The van der Waals surface area contributed by atoms with Crippen molar-refractivity contribution in [2.75, 3.05) is 13.1 Å². The van der Waals surface area contributed by atoms with E-state index in [0.29, 0.717) is 31.0 Å². The second-order valence-electron chi connectivity index (χ2n) is 6.08. The summed E-state index contributed by atoms with van der Waals surface area (Å²) in [5.41, 5.74) is 0.889. The van der Waals surface area contributed by atoms with Gasteiger partial charge in [0.2, 0.25) is 5.91 Å². The van der Waals surface area contributed by atoms with Crippen LogP contribution in [0.5, 0.6) is 0 Å². The Bertz CT molecular complexity index is 635. The molecule has 25 heavy (non-hydrogen) atoms. The minimum atomic E-state index is -0.890. The summed E-state index contributed by atoms with van der Waals surface area (Å²) in [4.78, 5) is 36.8. The highest BCUT2D eigenvalue weighted by Gasteiger charge is 2.35. The molecule has 0 spiro atoms. The van der Waals surface area contributed by atoms with Crippen molar-refractivity contribution >= 4 is 29.5 Å². The molecule has 0 bridgehead atoms. The molecule has 1 heterocycles. The molecule has 2 rings (SSSR count). The zero-order valence-electron chi connectivity index (χ0n) is 14.0. The topological polar surface area (TPSA) is 98.7 Å². The number of likely N-dealkylation sites (tertiary alicyclic amines) is 1. The predicted octanol–water partition coefficient (Wildman–Crippen LogP) is 1.85. The Hall–Kier alpha value is -2.28. The second-order valence-corrected chi connectivity index (χ2v) is 6.51. The van der Waals surface area contributed by atoms with Crippen LogP contribution in [0.1, 0.15) is 25.3 Å². The predicted molar refractivity (Wildman–Crippen MR) is 93.2 cm³/mol. The molecule has 1 fully saturated rings. The minimum absolute atomic E-state index is 0.164. The molecule has 2 atom stereocenters. The Kier molecular flexibility index (Phi) is 6.64. The smallest absolute Gasteiger partial charge is 0.315 e. The minimum Gasteiger partial charge on any atom is -0.481 e. The van der Waals surface area contributed by atoms with E-state index < -0.39 is 17.9 Å². The van der Waals surface area contributed by atoms with Gasteiger partial charge in [-0.05, 0) is 37.5 Å². The zero-order valence-corrected chi connectivity index (χ0v) is 14.8. The zero-order chi connectivity index (χ0) is 18.4. The van der Waals surface area contributed by atoms with Crippen molar-refractivity contribution in [2.45, 2.75) is 32.4 Å². The molecule has 1 aromatic carbocycles. The van der Waals surface area contributed by atoms with Crippen LogP contribution in [0.3, 0.4) is 0 Å². The van der Waals surface area contributed by atoms with E-state index in [1.807, 2.05) is 0 Å². The molecule has 1 saturated heterocycles. The van der Waals surface area contributed by atoms with Gasteiger partial charge in [-0.2, -0.15) is 0 Å². The van der Waals surface area contributed by atoms with E-state index in [0.717, 1.165) is 5.56 Å². The number of amides is 3. The van der Waals surface area contributed by atoms with Gasteiger partial charge < -0.3 is 20.6 Å². The number of carbonyl (C=O) groups excluding carboxylic acids is 2. The van der Waals surface area contributed by atoms with E-state index in [1.54, 1.807) is 31.2 Å². The number of hydrogen-bond acceptors (Lipinski definition) is 3. The number of piperidine rings is 1. The fraction of sp³-hybridized carbons (Fsp3) is 0.471. The number of aliphatic carboxylic acids is 1. The first-order valence-corrected chi connectivity index (χ1v) is 8.54. The van der Waals surface area contributed by atoms with Crippen LogP contribution in [-0.2, 0) is 16.1 Å². The normalized spacial score (nSPS) is 20.0. The summed E-state index contributed by atoms with van der Waals surface area (Å²) in [5.74, 6) is -1.73. The van der Waals surface area contributed by atoms with E-state index >= 15 is 0 Å². The number of carboxylic acids is 1. The average Bonchev–Trinajstić information content (AvgIpc) is 2.59. The molecule has 0 saturated carbocycles. The number of urea groups is 1. The van der Waals surface area contributed by atoms with Crippen molar-refractivity contribution in [2.24, 2.45) is 5.92 Å². The third kappa shape index (κ3) is 5.35. The van der Waals surface area contributed by atoms with Crippen molar-refractivity contribution in [3.05, 3.63) is 34.9 Å². The van der Waals surface area contributed by atoms with Gasteiger partial charge in [-0.25, -0.2) is 4.79 Å². The summed E-state index contributed by atoms with van der Waals surface area (Å²) < 4.78 is 0. The van der Waals surface area contributed by atoms with Gasteiger partial charge in [0, 0.05) is 24.2 Å². The summed E-state index contributed by atoms with van der Waals surface area (Å²) in [7, 11) is 0. The SMILES string of the molecule is C[C@@H]1[C@H](C(=O)O)CCCN1C(=O)CNC(=O)NCc1ccc(Cl)cc1. The summed E-state index contributed by atoms with van der Waals surface area (Å²) in [5, 5.41) is 15.0. The van der Waals surface area contributed by atoms with Crippen LogP contribution in [0, 0.1) is 5.92 Å². The molecule has 136 valence electrons. The third-order valence-electron chi connectivity index (χ3n) is 4.39. The van der Waals surface area contributed by atoms with Crippen molar-refractivity contribution < 1.29 is 19.5 Å². The lowest BCUT2D eigenvalue weighted by atomic mass is 9.90. The highest BCUT2D eigenvalue weighted by Crippen LogP contribution is 2.23. The summed E-state index contributed by atoms with van der Waals surface area (Å²) >= 11 is 5.80. The molecule has 0 unspecified atom stereocenters. The molecule has 3 N–H and O–H groups in total. The maximum absolute atomic E-state index is 12.3. The quantitative estimate of drug-likeness (QED) is 0.739. The molecule has 1 aromatic rings. The van der Waals surface area contributed by atoms with Crippen LogP contribution in [0.15, 0.2) is 24.3 Å². The van der Waals surface area contributed by atoms with E-state index in [1.165, 1.54) is 4.90 Å². The number of halogens is 1. The molecule has 1 aliphatic heterocycles. The van der Waals surface area contributed by atoms with Crippen LogP contribution in [-0.4, -0.2) is 47.0 Å². The molecule has 0 aliphatic carbocycles. The Labute approximate surface area is 151 Å². The monoisotopic (exact) mass is 367 g/mol. The first kappa shape index (κ1) is 19.1. The third-order valence-corrected chi connectivity index (χ3v) is 4.64. The highest BCUT2D eigenvalue weighted by molar-refractivity contribution is 6.30.